The van der Waals surface area contributed by atoms with Gasteiger partial charge in [0.25, 0.3) is 0 Å². The second-order valence-electron chi connectivity index (χ2n) is 16.9. The van der Waals surface area contributed by atoms with Crippen LogP contribution in [0.1, 0.15) is 11.1 Å². The van der Waals surface area contributed by atoms with Crippen molar-refractivity contribution in [3.8, 4) is 67.8 Å². The number of rotatable bonds is 7. The van der Waals surface area contributed by atoms with Gasteiger partial charge in [-0.2, -0.15) is 13.2 Å². The van der Waals surface area contributed by atoms with E-state index in [1.807, 2.05) is 97.1 Å². The maximum Gasteiger partial charge on any atom is 0.416 e. The molecule has 8 heteroatoms. The van der Waals surface area contributed by atoms with Gasteiger partial charge in [0.2, 0.25) is 0 Å². The normalized spacial score (nSPS) is 11.9. The summed E-state index contributed by atoms with van der Waals surface area (Å²) in [5.41, 5.74) is 11.6. The van der Waals surface area contributed by atoms with Crippen molar-refractivity contribution in [1.29, 1.82) is 0 Å². The van der Waals surface area contributed by atoms with Crippen LogP contribution in [0.4, 0.5) is 13.2 Å². The van der Waals surface area contributed by atoms with E-state index in [9.17, 15) is 13.2 Å². The number of aromatic nitrogens is 5. The van der Waals surface area contributed by atoms with Crippen molar-refractivity contribution in [2.24, 2.45) is 0 Å². The Morgan fingerprint density at radius 2 is 0.821 bits per heavy atom. The molecule has 67 heavy (non-hydrogen) atoms. The van der Waals surface area contributed by atoms with E-state index >= 15 is 0 Å². The van der Waals surface area contributed by atoms with Gasteiger partial charge in [-0.05, 0) is 108 Å². The lowest BCUT2D eigenvalue weighted by atomic mass is 9.98. The molecule has 0 amide bonds. The number of halogens is 3. The highest BCUT2D eigenvalue weighted by Crippen LogP contribution is 2.42. The van der Waals surface area contributed by atoms with E-state index in [1.165, 1.54) is 12.1 Å². The lowest BCUT2D eigenvalue weighted by Gasteiger charge is -2.17. The van der Waals surface area contributed by atoms with Crippen LogP contribution >= 0.6 is 0 Å². The molecule has 320 valence electrons. The second kappa shape index (κ2) is 15.8. The third-order valence-electron chi connectivity index (χ3n) is 12.6. The number of hydrogen-bond donors (Lipinski definition) is 0. The minimum absolute atomic E-state index is 0.494. The minimum atomic E-state index is -4.47. The maximum atomic E-state index is 14.1. The molecule has 0 saturated carbocycles. The number of alkyl halides is 3. The average Bonchev–Trinajstić information content (AvgIpc) is 3.88. The third kappa shape index (κ3) is 7.02. The molecule has 12 rings (SSSR count). The van der Waals surface area contributed by atoms with E-state index in [0.717, 1.165) is 82.8 Å². The van der Waals surface area contributed by atoms with E-state index in [1.54, 1.807) is 13.0 Å². The zero-order valence-electron chi connectivity index (χ0n) is 36.1. The predicted octanol–water partition coefficient (Wildman–Crippen LogP) is 15.7. The Kier molecular flexibility index (Phi) is 9.43. The first-order chi connectivity index (χ1) is 32.7. The molecule has 12 aromatic rings. The van der Waals surface area contributed by atoms with Crippen LogP contribution in [0.15, 0.2) is 212 Å². The fourth-order valence-electron chi connectivity index (χ4n) is 9.55. The Bertz CT molecular complexity index is 3800. The lowest BCUT2D eigenvalue weighted by Crippen LogP contribution is -2.05. The van der Waals surface area contributed by atoms with Gasteiger partial charge in [0.05, 0.1) is 33.3 Å². The van der Waals surface area contributed by atoms with Gasteiger partial charge in [-0.15, -0.1) is 0 Å². The summed E-state index contributed by atoms with van der Waals surface area (Å²) >= 11 is 0. The topological polar surface area (TPSA) is 48.5 Å². The van der Waals surface area contributed by atoms with Gasteiger partial charge in [-0.3, -0.25) is 0 Å². The zero-order chi connectivity index (χ0) is 45.2. The van der Waals surface area contributed by atoms with Gasteiger partial charge in [0.15, 0.2) is 17.5 Å². The van der Waals surface area contributed by atoms with Crippen LogP contribution in [-0.2, 0) is 6.18 Å². The zero-order valence-corrected chi connectivity index (χ0v) is 36.1. The summed E-state index contributed by atoms with van der Waals surface area (Å²) in [6.07, 6.45) is -4.47. The van der Waals surface area contributed by atoms with Crippen LogP contribution in [0, 0.1) is 6.92 Å². The Balaban J connectivity index is 1.11. The van der Waals surface area contributed by atoms with Crippen molar-refractivity contribution in [3.05, 3.63) is 223 Å². The molecular formula is C59H38F3N5. The van der Waals surface area contributed by atoms with Crippen molar-refractivity contribution in [2.75, 3.05) is 0 Å². The first-order valence-corrected chi connectivity index (χ1v) is 22.1. The van der Waals surface area contributed by atoms with Gasteiger partial charge in [-0.1, -0.05) is 140 Å². The largest absolute Gasteiger partial charge is 0.416 e. The van der Waals surface area contributed by atoms with Crippen molar-refractivity contribution in [3.63, 3.8) is 0 Å². The van der Waals surface area contributed by atoms with Gasteiger partial charge in [0, 0.05) is 43.9 Å². The standard InChI is InChI=1S/C59H38F3N5/c1-37-31-43(33-44(32-37)59(60,61)62)42-27-29-54-49(35-42)47-22-12-14-24-52(47)67(54)55-30-26-41(40-25-28-53-48(34-40)46-21-11-13-23-51(46)66(53)45-19-9-4-10-20-45)36-50(55)58-64-56(38-15-5-2-6-16-38)63-57(65-58)39-17-7-3-8-18-39/h2-36H,1H3. The molecule has 0 radical (unpaired) electrons. The number of fused-ring (bicyclic) bond motifs is 6. The smallest absolute Gasteiger partial charge is 0.309 e. The van der Waals surface area contributed by atoms with E-state index in [2.05, 4.69) is 106 Å². The highest BCUT2D eigenvalue weighted by Gasteiger charge is 2.31. The van der Waals surface area contributed by atoms with Crippen LogP contribution < -0.4 is 0 Å². The molecule has 0 unspecified atom stereocenters. The first-order valence-electron chi connectivity index (χ1n) is 22.1. The summed E-state index contributed by atoms with van der Waals surface area (Å²) in [5, 5.41) is 4.16. The molecule has 3 heterocycles. The summed E-state index contributed by atoms with van der Waals surface area (Å²) in [6.45, 7) is 1.70. The van der Waals surface area contributed by atoms with Gasteiger partial charge in [0.1, 0.15) is 0 Å². The molecule has 0 saturated heterocycles. The molecule has 0 atom stereocenters. The van der Waals surface area contributed by atoms with Gasteiger partial charge < -0.3 is 9.13 Å². The molecule has 0 aliphatic heterocycles. The molecule has 9 aromatic carbocycles. The average molecular weight is 874 g/mol. The maximum absolute atomic E-state index is 14.1. The van der Waals surface area contributed by atoms with E-state index in [0.29, 0.717) is 34.2 Å². The van der Waals surface area contributed by atoms with Crippen LogP contribution in [0.2, 0.25) is 0 Å². The summed E-state index contributed by atoms with van der Waals surface area (Å²) in [5.74, 6) is 1.58. The third-order valence-corrected chi connectivity index (χ3v) is 12.6. The minimum Gasteiger partial charge on any atom is -0.309 e. The highest BCUT2D eigenvalue weighted by atomic mass is 19.4. The van der Waals surface area contributed by atoms with Crippen LogP contribution in [0.3, 0.4) is 0 Å². The molecule has 0 fully saturated rings. The lowest BCUT2D eigenvalue weighted by molar-refractivity contribution is -0.137. The molecule has 3 aromatic heterocycles. The number of para-hydroxylation sites is 3. The SMILES string of the molecule is Cc1cc(-c2ccc3c(c2)c2ccccc2n3-c2ccc(-c3ccc4c(c3)c3ccccc3n4-c3ccccc3)cc2-c2nc(-c3ccccc3)nc(-c3ccccc3)n2)cc(C(F)(F)F)c1. The number of benzene rings is 9. The van der Waals surface area contributed by atoms with E-state index in [4.69, 9.17) is 15.0 Å². The molecule has 0 bridgehead atoms. The molecule has 0 aliphatic carbocycles. The Morgan fingerprint density at radius 3 is 1.42 bits per heavy atom. The molecule has 0 N–H and O–H groups in total. The summed E-state index contributed by atoms with van der Waals surface area (Å²) < 4.78 is 46.7. The highest BCUT2D eigenvalue weighted by molar-refractivity contribution is 6.12. The number of hydrogen-bond acceptors (Lipinski definition) is 3. The quantitative estimate of drug-likeness (QED) is 0.160. The van der Waals surface area contributed by atoms with Crippen molar-refractivity contribution in [1.82, 2.24) is 24.1 Å². The molecule has 0 aliphatic rings. The van der Waals surface area contributed by atoms with Gasteiger partial charge >= 0.3 is 6.18 Å². The number of nitrogens with zero attached hydrogens (tertiary/aromatic N) is 5. The molecule has 5 nitrogen and oxygen atoms in total. The Hall–Kier alpha value is -8.62. The van der Waals surface area contributed by atoms with Crippen molar-refractivity contribution < 1.29 is 13.2 Å². The summed E-state index contributed by atoms with van der Waals surface area (Å²) in [6, 6.07) is 70.2. The van der Waals surface area contributed by atoms with Crippen molar-refractivity contribution >= 4 is 43.6 Å². The number of aryl methyl sites for hydroxylation is 1. The molecular weight excluding hydrogens is 836 g/mol. The fourth-order valence-corrected chi connectivity index (χ4v) is 9.55. The predicted molar refractivity (Wildman–Crippen MR) is 265 cm³/mol. The summed E-state index contributed by atoms with van der Waals surface area (Å²) in [4.78, 5) is 15.5. The molecule has 0 spiro atoms. The van der Waals surface area contributed by atoms with Crippen LogP contribution in [0.25, 0.3) is 111 Å². The van der Waals surface area contributed by atoms with Crippen LogP contribution in [-0.4, -0.2) is 24.1 Å². The Labute approximate surface area is 383 Å². The van der Waals surface area contributed by atoms with E-state index < -0.39 is 11.7 Å². The second-order valence-corrected chi connectivity index (χ2v) is 16.9. The van der Waals surface area contributed by atoms with E-state index in [-0.39, 0.29) is 0 Å². The fraction of sp³-hybridized carbons (Fsp3) is 0.0339. The van der Waals surface area contributed by atoms with Crippen molar-refractivity contribution in [2.45, 2.75) is 13.1 Å². The van der Waals surface area contributed by atoms with Crippen LogP contribution in [0.5, 0.6) is 0 Å². The van der Waals surface area contributed by atoms with Gasteiger partial charge in [-0.25, -0.2) is 15.0 Å². The Morgan fingerprint density at radius 1 is 0.358 bits per heavy atom. The summed E-state index contributed by atoms with van der Waals surface area (Å²) in [7, 11) is 0. The monoisotopic (exact) mass is 873 g/mol. The first kappa shape index (κ1) is 39.9.